The van der Waals surface area contributed by atoms with Crippen LogP contribution in [0.25, 0.3) is 0 Å². The third-order valence-corrected chi connectivity index (χ3v) is 7.26. The number of aromatic nitrogens is 1. The van der Waals surface area contributed by atoms with E-state index in [1.807, 2.05) is 59.7 Å². The lowest BCUT2D eigenvalue weighted by Crippen LogP contribution is -2.41. The molecule has 1 aliphatic heterocycles. The highest BCUT2D eigenvalue weighted by atomic mass is 32.2. The number of hydrogen-bond acceptors (Lipinski definition) is 5. The molecule has 1 amide bonds. The molecule has 0 aliphatic carbocycles. The van der Waals surface area contributed by atoms with E-state index in [2.05, 4.69) is 4.98 Å². The van der Waals surface area contributed by atoms with Crippen LogP contribution in [0, 0.1) is 6.92 Å². The fourth-order valence-electron chi connectivity index (χ4n) is 3.82. The Bertz CT molecular complexity index is 1040. The second kappa shape index (κ2) is 9.19. The number of carbonyl (C=O) groups excluding carboxylic acids is 1. The zero-order valence-corrected chi connectivity index (χ0v) is 20.5. The lowest BCUT2D eigenvalue weighted by Gasteiger charge is -2.30. The van der Waals surface area contributed by atoms with Crippen LogP contribution in [0.15, 0.2) is 47.5 Å². The van der Waals surface area contributed by atoms with Crippen molar-refractivity contribution in [1.82, 2.24) is 9.29 Å². The van der Waals surface area contributed by atoms with Crippen LogP contribution in [-0.4, -0.2) is 42.0 Å². The molecule has 0 unspecified atom stereocenters. The average molecular weight is 460 g/mol. The van der Waals surface area contributed by atoms with Crippen molar-refractivity contribution < 1.29 is 17.9 Å². The summed E-state index contributed by atoms with van der Waals surface area (Å²) in [6, 6.07) is 10.1. The molecule has 1 atom stereocenters. The number of aryl methyl sites for hydroxylation is 1. The minimum absolute atomic E-state index is 0.145. The Kier molecular flexibility index (Phi) is 6.95. The van der Waals surface area contributed by atoms with Gasteiger partial charge in [0.25, 0.3) is 0 Å². The van der Waals surface area contributed by atoms with E-state index in [1.165, 1.54) is 4.90 Å². The SMILES string of the molecule is Cc1ccc(S(=O)(=O)N2CCC[C@H]2c2ccc(N(C(=O)OC(C)(C)C)C(C)C)nc2)cc1. The Morgan fingerprint density at radius 3 is 2.34 bits per heavy atom. The molecule has 1 aromatic carbocycles. The summed E-state index contributed by atoms with van der Waals surface area (Å²) in [6.45, 7) is 11.7. The first-order valence-electron chi connectivity index (χ1n) is 11.0. The van der Waals surface area contributed by atoms with Crippen molar-refractivity contribution in [2.45, 2.75) is 77.0 Å². The van der Waals surface area contributed by atoms with Crippen molar-refractivity contribution in [3.8, 4) is 0 Å². The number of hydrogen-bond donors (Lipinski definition) is 0. The quantitative estimate of drug-likeness (QED) is 0.624. The predicted octanol–water partition coefficient (Wildman–Crippen LogP) is 5.07. The van der Waals surface area contributed by atoms with Gasteiger partial charge in [0.2, 0.25) is 10.0 Å². The van der Waals surface area contributed by atoms with Crippen LogP contribution in [0.4, 0.5) is 10.6 Å². The van der Waals surface area contributed by atoms with Gasteiger partial charge in [-0.05, 0) is 78.1 Å². The van der Waals surface area contributed by atoms with E-state index in [9.17, 15) is 13.2 Å². The third kappa shape index (κ3) is 5.30. The molecule has 1 saturated heterocycles. The highest BCUT2D eigenvalue weighted by molar-refractivity contribution is 7.89. The van der Waals surface area contributed by atoms with Crippen LogP contribution in [0.5, 0.6) is 0 Å². The summed E-state index contributed by atoms with van der Waals surface area (Å²) in [4.78, 5) is 19.0. The van der Waals surface area contributed by atoms with E-state index in [0.717, 1.165) is 24.0 Å². The van der Waals surface area contributed by atoms with E-state index in [1.54, 1.807) is 28.7 Å². The number of anilines is 1. The molecule has 0 bridgehead atoms. The topological polar surface area (TPSA) is 79.8 Å². The summed E-state index contributed by atoms with van der Waals surface area (Å²) in [5.74, 6) is 0.476. The van der Waals surface area contributed by atoms with Crippen LogP contribution in [0.3, 0.4) is 0 Å². The Labute approximate surface area is 191 Å². The van der Waals surface area contributed by atoms with Gasteiger partial charge in [0.15, 0.2) is 0 Å². The molecule has 0 saturated carbocycles. The monoisotopic (exact) mass is 459 g/mol. The highest BCUT2D eigenvalue weighted by Gasteiger charge is 2.36. The van der Waals surface area contributed by atoms with Crippen molar-refractivity contribution >= 4 is 21.9 Å². The van der Waals surface area contributed by atoms with Crippen molar-refractivity contribution in [1.29, 1.82) is 0 Å². The maximum Gasteiger partial charge on any atom is 0.416 e. The fraction of sp³-hybridized carbons (Fsp3) is 0.500. The Balaban J connectivity index is 1.85. The van der Waals surface area contributed by atoms with Crippen LogP contribution in [0.1, 0.15) is 64.6 Å². The van der Waals surface area contributed by atoms with E-state index < -0.39 is 21.7 Å². The molecular weight excluding hydrogens is 426 g/mol. The number of nitrogens with zero attached hydrogens (tertiary/aromatic N) is 3. The molecule has 3 rings (SSSR count). The number of pyridine rings is 1. The smallest absolute Gasteiger partial charge is 0.416 e. The first-order chi connectivity index (χ1) is 14.9. The molecule has 2 heterocycles. The number of rotatable bonds is 5. The summed E-state index contributed by atoms with van der Waals surface area (Å²) >= 11 is 0. The van der Waals surface area contributed by atoms with E-state index in [4.69, 9.17) is 4.74 Å². The molecule has 0 radical (unpaired) electrons. The number of benzene rings is 1. The minimum Gasteiger partial charge on any atom is -0.443 e. The van der Waals surface area contributed by atoms with E-state index in [-0.39, 0.29) is 12.1 Å². The number of amides is 1. The van der Waals surface area contributed by atoms with Crippen molar-refractivity contribution in [2.24, 2.45) is 0 Å². The lowest BCUT2D eigenvalue weighted by molar-refractivity contribution is 0.0569. The normalized spacial score (nSPS) is 17.5. The first-order valence-corrected chi connectivity index (χ1v) is 12.4. The molecule has 8 heteroatoms. The van der Waals surface area contributed by atoms with Gasteiger partial charge in [0.05, 0.1) is 10.9 Å². The van der Waals surface area contributed by atoms with Gasteiger partial charge in [-0.25, -0.2) is 18.2 Å². The van der Waals surface area contributed by atoms with E-state index >= 15 is 0 Å². The maximum absolute atomic E-state index is 13.3. The summed E-state index contributed by atoms with van der Waals surface area (Å²) in [5.41, 5.74) is 1.22. The number of sulfonamides is 1. The molecule has 1 fully saturated rings. The van der Waals surface area contributed by atoms with Crippen LogP contribution in [-0.2, 0) is 14.8 Å². The molecule has 32 heavy (non-hydrogen) atoms. The van der Waals surface area contributed by atoms with Crippen molar-refractivity contribution in [2.75, 3.05) is 11.4 Å². The summed E-state index contributed by atoms with van der Waals surface area (Å²) < 4.78 is 33.6. The van der Waals surface area contributed by atoms with Gasteiger partial charge in [0.1, 0.15) is 11.4 Å². The van der Waals surface area contributed by atoms with Gasteiger partial charge in [-0.3, -0.25) is 4.90 Å². The standard InChI is InChI=1S/C24H33N3O4S/c1-17(2)27(23(28)31-24(4,5)6)22-14-11-19(16-25-22)21-8-7-15-26(21)32(29,30)20-12-9-18(3)10-13-20/h9-14,16-17,21H,7-8,15H2,1-6H3/t21-/m0/s1. The van der Waals surface area contributed by atoms with Crippen molar-refractivity contribution in [3.63, 3.8) is 0 Å². The molecule has 2 aromatic rings. The fourth-order valence-corrected chi connectivity index (χ4v) is 5.51. The van der Waals surface area contributed by atoms with Gasteiger partial charge in [-0.15, -0.1) is 0 Å². The second-order valence-corrected chi connectivity index (χ2v) is 11.4. The van der Waals surface area contributed by atoms with Crippen LogP contribution < -0.4 is 4.90 Å². The Morgan fingerprint density at radius 2 is 1.81 bits per heavy atom. The number of carbonyl (C=O) groups is 1. The second-order valence-electron chi connectivity index (χ2n) is 9.48. The summed E-state index contributed by atoms with van der Waals surface area (Å²) in [6.07, 6.45) is 2.72. The summed E-state index contributed by atoms with van der Waals surface area (Å²) in [7, 11) is -3.61. The number of ether oxygens (including phenoxy) is 1. The minimum atomic E-state index is -3.61. The highest BCUT2D eigenvalue weighted by Crippen LogP contribution is 2.36. The zero-order chi connectivity index (χ0) is 23.7. The Morgan fingerprint density at radius 1 is 1.16 bits per heavy atom. The Hall–Kier alpha value is -2.45. The van der Waals surface area contributed by atoms with Gasteiger partial charge >= 0.3 is 6.09 Å². The van der Waals surface area contributed by atoms with Gasteiger partial charge in [-0.2, -0.15) is 4.31 Å². The average Bonchev–Trinajstić information content (AvgIpc) is 3.18. The molecular formula is C24H33N3O4S. The predicted molar refractivity (Wildman–Crippen MR) is 125 cm³/mol. The molecule has 174 valence electrons. The van der Waals surface area contributed by atoms with Crippen molar-refractivity contribution in [3.05, 3.63) is 53.7 Å². The van der Waals surface area contributed by atoms with E-state index in [0.29, 0.717) is 17.3 Å². The maximum atomic E-state index is 13.3. The third-order valence-electron chi connectivity index (χ3n) is 5.34. The molecule has 7 nitrogen and oxygen atoms in total. The molecule has 0 spiro atoms. The first kappa shape index (κ1) is 24.2. The molecule has 0 N–H and O–H groups in total. The molecule has 1 aliphatic rings. The van der Waals surface area contributed by atoms with Crippen LogP contribution >= 0.6 is 0 Å². The molecule has 1 aromatic heterocycles. The zero-order valence-electron chi connectivity index (χ0n) is 19.7. The lowest BCUT2D eigenvalue weighted by atomic mass is 10.1. The largest absolute Gasteiger partial charge is 0.443 e. The van der Waals surface area contributed by atoms with Crippen LogP contribution in [0.2, 0.25) is 0 Å². The van der Waals surface area contributed by atoms with Gasteiger partial charge < -0.3 is 4.74 Å². The summed E-state index contributed by atoms with van der Waals surface area (Å²) in [5, 5.41) is 0. The van der Waals surface area contributed by atoms with Gasteiger partial charge in [0, 0.05) is 18.8 Å². The van der Waals surface area contributed by atoms with Gasteiger partial charge in [-0.1, -0.05) is 23.8 Å².